The van der Waals surface area contributed by atoms with E-state index < -0.39 is 11.9 Å². The molecule has 24 heavy (non-hydrogen) atoms. The molecule has 0 aliphatic carbocycles. The third-order valence-corrected chi connectivity index (χ3v) is 4.15. The number of oxime groups is 1. The number of nitrogens with zero attached hydrogens (tertiary/aromatic N) is 3. The summed E-state index contributed by atoms with van der Waals surface area (Å²) in [6.45, 7) is 4.71. The Labute approximate surface area is 143 Å². The average Bonchev–Trinajstić information content (AvgIpc) is 3.17. The van der Waals surface area contributed by atoms with Crippen molar-refractivity contribution in [2.45, 2.75) is 32.9 Å². The number of carbonyl (C=O) groups is 1. The molecule has 3 rings (SSSR count). The molecule has 0 radical (unpaired) electrons. The second kappa shape index (κ2) is 6.60. The molecule has 6 nitrogen and oxygen atoms in total. The number of rotatable bonds is 4. The van der Waals surface area contributed by atoms with Crippen LogP contribution >= 0.6 is 11.6 Å². The summed E-state index contributed by atoms with van der Waals surface area (Å²) in [5.74, 6) is -0.905. The van der Waals surface area contributed by atoms with Gasteiger partial charge < -0.3 is 10.2 Å². The summed E-state index contributed by atoms with van der Waals surface area (Å²) in [4.78, 5) is 17.5. The highest BCUT2D eigenvalue weighted by Gasteiger charge is 2.30. The van der Waals surface area contributed by atoms with Crippen LogP contribution in [0.5, 0.6) is 0 Å². The van der Waals surface area contributed by atoms with Gasteiger partial charge in [-0.05, 0) is 32.0 Å². The minimum Gasteiger partial charge on any atom is -0.382 e. The average molecular weight is 351 g/mol. The lowest BCUT2D eigenvalue weighted by Gasteiger charge is -2.10. The SMILES string of the molecule is CCn1ncc(C2=NO[C@@H](C(=O)Nc3ccc(F)c(Cl)c3)C2)c1C. The van der Waals surface area contributed by atoms with Gasteiger partial charge in [0.25, 0.3) is 5.91 Å². The molecule has 1 aromatic carbocycles. The first-order chi connectivity index (χ1) is 11.5. The highest BCUT2D eigenvalue weighted by molar-refractivity contribution is 6.31. The predicted molar refractivity (Wildman–Crippen MR) is 88.7 cm³/mol. The first kappa shape index (κ1) is 16.4. The number of amides is 1. The normalized spacial score (nSPS) is 16.7. The number of halogens is 2. The van der Waals surface area contributed by atoms with Gasteiger partial charge in [-0.1, -0.05) is 16.8 Å². The number of nitrogens with one attached hydrogen (secondary N) is 1. The number of carbonyl (C=O) groups excluding carboxylic acids is 1. The van der Waals surface area contributed by atoms with Gasteiger partial charge in [0.2, 0.25) is 6.10 Å². The van der Waals surface area contributed by atoms with Gasteiger partial charge >= 0.3 is 0 Å². The smallest absolute Gasteiger partial charge is 0.268 e. The van der Waals surface area contributed by atoms with Gasteiger partial charge in [0.1, 0.15) is 5.82 Å². The molecular weight excluding hydrogens is 335 g/mol. The Morgan fingerprint density at radius 3 is 3.00 bits per heavy atom. The van der Waals surface area contributed by atoms with Crippen LogP contribution in [0.4, 0.5) is 10.1 Å². The lowest BCUT2D eigenvalue weighted by Crippen LogP contribution is -2.28. The maximum Gasteiger partial charge on any atom is 0.268 e. The summed E-state index contributed by atoms with van der Waals surface area (Å²) in [6, 6.07) is 3.98. The lowest BCUT2D eigenvalue weighted by atomic mass is 10.1. The number of aromatic nitrogens is 2. The van der Waals surface area contributed by atoms with Crippen molar-refractivity contribution in [2.75, 3.05) is 5.32 Å². The van der Waals surface area contributed by atoms with Gasteiger partial charge in [-0.15, -0.1) is 0 Å². The van der Waals surface area contributed by atoms with Crippen molar-refractivity contribution < 1.29 is 14.0 Å². The monoisotopic (exact) mass is 350 g/mol. The number of aryl methyl sites for hydroxylation is 1. The number of benzene rings is 1. The van der Waals surface area contributed by atoms with E-state index in [1.54, 1.807) is 6.20 Å². The summed E-state index contributed by atoms with van der Waals surface area (Å²) >= 11 is 5.70. The Kier molecular flexibility index (Phi) is 4.53. The van der Waals surface area contributed by atoms with Crippen LogP contribution in [-0.4, -0.2) is 27.5 Å². The summed E-state index contributed by atoms with van der Waals surface area (Å²) in [6.07, 6.45) is 1.33. The van der Waals surface area contributed by atoms with Crippen molar-refractivity contribution in [3.05, 3.63) is 46.5 Å². The minimum atomic E-state index is -0.742. The van der Waals surface area contributed by atoms with Crippen molar-refractivity contribution in [1.29, 1.82) is 0 Å². The molecule has 0 unspecified atom stereocenters. The van der Waals surface area contributed by atoms with Crippen LogP contribution in [0, 0.1) is 12.7 Å². The zero-order chi connectivity index (χ0) is 17.3. The number of anilines is 1. The second-order valence-electron chi connectivity index (χ2n) is 5.41. The zero-order valence-electron chi connectivity index (χ0n) is 13.2. The molecule has 0 bridgehead atoms. The second-order valence-corrected chi connectivity index (χ2v) is 5.82. The van der Waals surface area contributed by atoms with Crippen LogP contribution in [0.1, 0.15) is 24.6 Å². The molecule has 0 fully saturated rings. The molecule has 8 heteroatoms. The van der Waals surface area contributed by atoms with Crippen LogP contribution in [0.15, 0.2) is 29.6 Å². The molecule has 1 N–H and O–H groups in total. The molecular formula is C16H16ClFN4O2. The maximum absolute atomic E-state index is 13.1. The molecule has 0 saturated carbocycles. The summed E-state index contributed by atoms with van der Waals surface area (Å²) < 4.78 is 15.0. The van der Waals surface area contributed by atoms with Gasteiger partial charge in [-0.25, -0.2) is 4.39 Å². The fourth-order valence-electron chi connectivity index (χ4n) is 2.52. The highest BCUT2D eigenvalue weighted by atomic mass is 35.5. The van der Waals surface area contributed by atoms with Gasteiger partial charge in [0.05, 0.1) is 16.9 Å². The fourth-order valence-corrected chi connectivity index (χ4v) is 2.70. The molecule has 2 heterocycles. The van der Waals surface area contributed by atoms with Crippen LogP contribution in [-0.2, 0) is 16.2 Å². The lowest BCUT2D eigenvalue weighted by molar-refractivity contribution is -0.125. The first-order valence-electron chi connectivity index (χ1n) is 7.51. The standard InChI is InChI=1S/C16H16ClFN4O2/c1-3-22-9(2)11(8-19-22)14-7-15(24-21-14)16(23)20-10-4-5-13(18)12(17)6-10/h4-6,8,15H,3,7H2,1-2H3,(H,20,23)/t15-/m1/s1. The Bertz CT molecular complexity index is 818. The van der Waals surface area contributed by atoms with Crippen molar-refractivity contribution in [3.63, 3.8) is 0 Å². The van der Waals surface area contributed by atoms with E-state index in [4.69, 9.17) is 16.4 Å². The topological polar surface area (TPSA) is 68.5 Å². The van der Waals surface area contributed by atoms with Crippen LogP contribution < -0.4 is 5.32 Å². The van der Waals surface area contributed by atoms with E-state index in [0.717, 1.165) is 17.8 Å². The van der Waals surface area contributed by atoms with Gasteiger partial charge in [-0.2, -0.15) is 5.10 Å². The number of hydrogen-bond donors (Lipinski definition) is 1. The fraction of sp³-hybridized carbons (Fsp3) is 0.312. The molecule has 1 amide bonds. The zero-order valence-corrected chi connectivity index (χ0v) is 14.0. The van der Waals surface area contributed by atoms with E-state index >= 15 is 0 Å². The van der Waals surface area contributed by atoms with Gasteiger partial charge in [-0.3, -0.25) is 9.48 Å². The third-order valence-electron chi connectivity index (χ3n) is 3.86. The maximum atomic E-state index is 13.1. The predicted octanol–water partition coefficient (Wildman–Crippen LogP) is 3.14. The molecule has 1 atom stereocenters. The van der Waals surface area contributed by atoms with E-state index in [2.05, 4.69) is 15.6 Å². The minimum absolute atomic E-state index is 0.0558. The molecule has 1 aromatic heterocycles. The number of hydrogen-bond acceptors (Lipinski definition) is 4. The van der Waals surface area contributed by atoms with Crippen molar-refractivity contribution >= 4 is 28.9 Å². The Balaban J connectivity index is 1.66. The summed E-state index contributed by atoms with van der Waals surface area (Å²) in [7, 11) is 0. The largest absolute Gasteiger partial charge is 0.382 e. The van der Waals surface area contributed by atoms with Gasteiger partial charge in [0.15, 0.2) is 0 Å². The first-order valence-corrected chi connectivity index (χ1v) is 7.88. The molecule has 1 aliphatic heterocycles. The Morgan fingerprint density at radius 1 is 1.54 bits per heavy atom. The van der Waals surface area contributed by atoms with E-state index in [0.29, 0.717) is 17.8 Å². The highest BCUT2D eigenvalue weighted by Crippen LogP contribution is 2.22. The molecule has 2 aromatic rings. The Morgan fingerprint density at radius 2 is 2.33 bits per heavy atom. The van der Waals surface area contributed by atoms with E-state index in [9.17, 15) is 9.18 Å². The molecule has 126 valence electrons. The third kappa shape index (κ3) is 3.12. The van der Waals surface area contributed by atoms with Crippen molar-refractivity contribution in [2.24, 2.45) is 5.16 Å². The molecule has 1 aliphatic rings. The van der Waals surface area contributed by atoms with Crippen molar-refractivity contribution in [1.82, 2.24) is 9.78 Å². The molecule has 0 saturated heterocycles. The summed E-state index contributed by atoms with van der Waals surface area (Å²) in [5.41, 5.74) is 2.94. The Hall–Kier alpha value is -2.41. The van der Waals surface area contributed by atoms with Gasteiger partial charge in [0, 0.05) is 29.9 Å². The van der Waals surface area contributed by atoms with Crippen LogP contribution in [0.2, 0.25) is 5.02 Å². The van der Waals surface area contributed by atoms with Crippen molar-refractivity contribution in [3.8, 4) is 0 Å². The van der Waals surface area contributed by atoms with E-state index in [-0.39, 0.29) is 10.9 Å². The van der Waals surface area contributed by atoms with Crippen LogP contribution in [0.3, 0.4) is 0 Å². The van der Waals surface area contributed by atoms with Crippen LogP contribution in [0.25, 0.3) is 0 Å². The summed E-state index contributed by atoms with van der Waals surface area (Å²) in [5, 5.41) is 10.9. The molecule has 0 spiro atoms. The quantitative estimate of drug-likeness (QED) is 0.921. The van der Waals surface area contributed by atoms with E-state index in [1.165, 1.54) is 18.2 Å². The van der Waals surface area contributed by atoms with E-state index in [1.807, 2.05) is 18.5 Å².